The van der Waals surface area contributed by atoms with E-state index in [2.05, 4.69) is 0 Å². The van der Waals surface area contributed by atoms with Crippen LogP contribution >= 0.6 is 0 Å². The van der Waals surface area contributed by atoms with E-state index in [1.807, 2.05) is 6.07 Å². The van der Waals surface area contributed by atoms with Crippen molar-refractivity contribution in [3.63, 3.8) is 0 Å². The standard InChI is InChI=1S/C11H9NO2/c12-6-9-5-11(14-10-3-4-10)2-1-8(9)7-13/h1-2,5,7,10H,3-4H2. The zero-order valence-electron chi connectivity index (χ0n) is 7.56. The van der Waals surface area contributed by atoms with Crippen LogP contribution in [0.4, 0.5) is 0 Å². The Balaban J connectivity index is 2.26. The number of ether oxygens (including phenoxy) is 1. The number of rotatable bonds is 3. The fourth-order valence-electron chi connectivity index (χ4n) is 1.19. The van der Waals surface area contributed by atoms with E-state index in [1.54, 1.807) is 18.2 Å². The van der Waals surface area contributed by atoms with Gasteiger partial charge in [0.15, 0.2) is 6.29 Å². The molecule has 3 heteroatoms. The number of hydrogen-bond donors (Lipinski definition) is 0. The predicted molar refractivity (Wildman–Crippen MR) is 50.2 cm³/mol. The summed E-state index contributed by atoms with van der Waals surface area (Å²) in [4.78, 5) is 10.5. The molecule has 1 aromatic carbocycles. The number of nitriles is 1. The second-order valence-electron chi connectivity index (χ2n) is 3.30. The van der Waals surface area contributed by atoms with Crippen LogP contribution in [-0.2, 0) is 0 Å². The molecule has 0 atom stereocenters. The number of carbonyl (C=O) groups is 1. The summed E-state index contributed by atoms with van der Waals surface area (Å²) in [7, 11) is 0. The molecule has 0 unspecified atom stereocenters. The summed E-state index contributed by atoms with van der Waals surface area (Å²) in [5.74, 6) is 0.676. The van der Waals surface area contributed by atoms with E-state index in [-0.39, 0.29) is 0 Å². The smallest absolute Gasteiger partial charge is 0.151 e. The van der Waals surface area contributed by atoms with Crippen LogP contribution in [0, 0.1) is 11.3 Å². The van der Waals surface area contributed by atoms with Gasteiger partial charge in [-0.3, -0.25) is 4.79 Å². The van der Waals surface area contributed by atoms with Gasteiger partial charge >= 0.3 is 0 Å². The molecular formula is C11H9NO2. The van der Waals surface area contributed by atoms with Crippen LogP contribution in [0.3, 0.4) is 0 Å². The van der Waals surface area contributed by atoms with Gasteiger partial charge in [0.25, 0.3) is 0 Å². The molecule has 0 aliphatic heterocycles. The minimum absolute atomic E-state index is 0.309. The maximum absolute atomic E-state index is 10.5. The van der Waals surface area contributed by atoms with Gasteiger partial charge in [-0.25, -0.2) is 0 Å². The van der Waals surface area contributed by atoms with Crippen molar-refractivity contribution in [3.8, 4) is 11.8 Å². The maximum Gasteiger partial charge on any atom is 0.151 e. The number of nitrogens with zero attached hydrogens (tertiary/aromatic N) is 1. The molecule has 1 aliphatic rings. The van der Waals surface area contributed by atoms with Crippen molar-refractivity contribution < 1.29 is 9.53 Å². The minimum Gasteiger partial charge on any atom is -0.490 e. The third-order valence-electron chi connectivity index (χ3n) is 2.10. The normalized spacial score (nSPS) is 14.5. The molecule has 2 rings (SSSR count). The molecule has 0 aromatic heterocycles. The van der Waals surface area contributed by atoms with Crippen molar-refractivity contribution in [1.82, 2.24) is 0 Å². The molecule has 1 aliphatic carbocycles. The molecule has 70 valence electrons. The molecule has 14 heavy (non-hydrogen) atoms. The SMILES string of the molecule is N#Cc1cc(OC2CC2)ccc1C=O. The quantitative estimate of drug-likeness (QED) is 0.679. The van der Waals surface area contributed by atoms with Crippen LogP contribution in [0.25, 0.3) is 0 Å². The van der Waals surface area contributed by atoms with E-state index in [1.165, 1.54) is 0 Å². The van der Waals surface area contributed by atoms with Crippen LogP contribution in [-0.4, -0.2) is 12.4 Å². The fraction of sp³-hybridized carbons (Fsp3) is 0.273. The molecule has 3 nitrogen and oxygen atoms in total. The molecule has 0 spiro atoms. The first-order chi connectivity index (χ1) is 6.83. The first-order valence-corrected chi connectivity index (χ1v) is 4.49. The summed E-state index contributed by atoms with van der Waals surface area (Å²) in [6.45, 7) is 0. The molecule has 1 aromatic rings. The average molecular weight is 187 g/mol. The van der Waals surface area contributed by atoms with Gasteiger partial charge in [-0.05, 0) is 31.0 Å². The second kappa shape index (κ2) is 3.51. The van der Waals surface area contributed by atoms with Crippen molar-refractivity contribution in [2.45, 2.75) is 18.9 Å². The van der Waals surface area contributed by atoms with Gasteiger partial charge in [0.1, 0.15) is 11.8 Å². The van der Waals surface area contributed by atoms with E-state index >= 15 is 0 Å². The van der Waals surface area contributed by atoms with Gasteiger partial charge < -0.3 is 4.74 Å². The number of benzene rings is 1. The van der Waals surface area contributed by atoms with Crippen LogP contribution in [0.5, 0.6) is 5.75 Å². The molecule has 0 bridgehead atoms. The van der Waals surface area contributed by atoms with Crippen LogP contribution < -0.4 is 4.74 Å². The highest BCUT2D eigenvalue weighted by atomic mass is 16.5. The lowest BCUT2D eigenvalue weighted by Crippen LogP contribution is -1.97. The Morgan fingerprint density at radius 1 is 1.50 bits per heavy atom. The number of hydrogen-bond acceptors (Lipinski definition) is 3. The highest BCUT2D eigenvalue weighted by molar-refractivity contribution is 5.79. The predicted octanol–water partition coefficient (Wildman–Crippen LogP) is 1.91. The maximum atomic E-state index is 10.5. The lowest BCUT2D eigenvalue weighted by atomic mass is 10.1. The van der Waals surface area contributed by atoms with Crippen molar-refractivity contribution in [3.05, 3.63) is 29.3 Å². The molecule has 1 fully saturated rings. The van der Waals surface area contributed by atoms with Gasteiger partial charge in [-0.2, -0.15) is 5.26 Å². The molecule has 1 saturated carbocycles. The molecule has 0 N–H and O–H groups in total. The zero-order valence-corrected chi connectivity index (χ0v) is 7.56. The lowest BCUT2D eigenvalue weighted by Gasteiger charge is -2.04. The van der Waals surface area contributed by atoms with Crippen LogP contribution in [0.1, 0.15) is 28.8 Å². The largest absolute Gasteiger partial charge is 0.490 e. The summed E-state index contributed by atoms with van der Waals surface area (Å²) in [5.41, 5.74) is 0.786. The monoisotopic (exact) mass is 187 g/mol. The summed E-state index contributed by atoms with van der Waals surface area (Å²) in [5, 5.41) is 8.76. The Kier molecular flexibility index (Phi) is 2.19. The van der Waals surface area contributed by atoms with Gasteiger partial charge in [0.05, 0.1) is 11.7 Å². The van der Waals surface area contributed by atoms with Gasteiger partial charge in [-0.1, -0.05) is 0 Å². The van der Waals surface area contributed by atoms with Crippen molar-refractivity contribution in [1.29, 1.82) is 5.26 Å². The minimum atomic E-state index is 0.309. The van der Waals surface area contributed by atoms with E-state index in [0.717, 1.165) is 12.8 Å². The van der Waals surface area contributed by atoms with Crippen molar-refractivity contribution in [2.75, 3.05) is 0 Å². The Morgan fingerprint density at radius 2 is 2.29 bits per heavy atom. The first kappa shape index (κ1) is 8.76. The first-order valence-electron chi connectivity index (χ1n) is 4.49. The molecule has 0 saturated heterocycles. The number of carbonyl (C=O) groups excluding carboxylic acids is 1. The molecule has 0 amide bonds. The van der Waals surface area contributed by atoms with Crippen LogP contribution in [0.2, 0.25) is 0 Å². The van der Waals surface area contributed by atoms with Gasteiger partial charge in [0, 0.05) is 5.56 Å². The van der Waals surface area contributed by atoms with Crippen molar-refractivity contribution >= 4 is 6.29 Å². The van der Waals surface area contributed by atoms with Gasteiger partial charge in [-0.15, -0.1) is 0 Å². The topological polar surface area (TPSA) is 50.1 Å². The van der Waals surface area contributed by atoms with Crippen LogP contribution in [0.15, 0.2) is 18.2 Å². The van der Waals surface area contributed by atoms with Gasteiger partial charge in [0.2, 0.25) is 0 Å². The fourth-order valence-corrected chi connectivity index (χ4v) is 1.19. The van der Waals surface area contributed by atoms with Crippen molar-refractivity contribution in [2.24, 2.45) is 0 Å². The number of aldehydes is 1. The second-order valence-corrected chi connectivity index (χ2v) is 3.30. The van der Waals surface area contributed by atoms with E-state index in [9.17, 15) is 4.79 Å². The highest BCUT2D eigenvalue weighted by Crippen LogP contribution is 2.27. The Hall–Kier alpha value is -1.82. The molecule has 0 radical (unpaired) electrons. The van der Waals surface area contributed by atoms with E-state index < -0.39 is 0 Å². The third kappa shape index (κ3) is 1.74. The Labute approximate surface area is 81.9 Å². The molecular weight excluding hydrogens is 178 g/mol. The van der Waals surface area contributed by atoms with E-state index in [0.29, 0.717) is 29.3 Å². The average Bonchev–Trinajstić information content (AvgIpc) is 3.01. The summed E-state index contributed by atoms with van der Waals surface area (Å²) in [6.07, 6.45) is 3.15. The highest BCUT2D eigenvalue weighted by Gasteiger charge is 2.23. The Bertz CT molecular complexity index is 402. The lowest BCUT2D eigenvalue weighted by molar-refractivity contribution is 0.112. The zero-order chi connectivity index (χ0) is 9.97. The molecule has 0 heterocycles. The van der Waals surface area contributed by atoms with E-state index in [4.69, 9.17) is 10.00 Å². The summed E-state index contributed by atoms with van der Waals surface area (Å²) >= 11 is 0. The summed E-state index contributed by atoms with van der Waals surface area (Å²) < 4.78 is 5.50. The summed E-state index contributed by atoms with van der Waals surface area (Å²) in [6, 6.07) is 6.92. The Morgan fingerprint density at radius 3 is 2.86 bits per heavy atom. The third-order valence-corrected chi connectivity index (χ3v) is 2.10.